The molecule has 1 N–H and O–H groups in total. The SMILES string of the molecule is C=CCN(CC=C)C(=O)COC(=O)CCCCCNS(=O)(=O)c1ccc2c(c1)OCCO2. The minimum atomic E-state index is -3.67. The average Bonchev–Trinajstić information content (AvgIpc) is 2.79. The van der Waals surface area contributed by atoms with Crippen LogP contribution in [0.5, 0.6) is 11.5 Å². The molecule has 0 spiro atoms. The Morgan fingerprint density at radius 2 is 1.75 bits per heavy atom. The molecule has 1 amide bonds. The van der Waals surface area contributed by atoms with Gasteiger partial charge in [0.05, 0.1) is 4.90 Å². The molecule has 1 heterocycles. The van der Waals surface area contributed by atoms with Crippen LogP contribution in [0.2, 0.25) is 0 Å². The van der Waals surface area contributed by atoms with Crippen molar-refractivity contribution < 1.29 is 32.2 Å². The predicted molar refractivity (Wildman–Crippen MR) is 119 cm³/mol. The summed E-state index contributed by atoms with van der Waals surface area (Å²) < 4.78 is 43.2. The minimum Gasteiger partial charge on any atom is -0.486 e. The van der Waals surface area contributed by atoms with Gasteiger partial charge in [-0.05, 0) is 25.0 Å². The summed E-state index contributed by atoms with van der Waals surface area (Å²) >= 11 is 0. The largest absolute Gasteiger partial charge is 0.486 e. The van der Waals surface area contributed by atoms with E-state index in [2.05, 4.69) is 17.9 Å². The standard InChI is InChI=1S/C22H30N2O7S/c1-3-12-24(13-4-2)21(25)17-31-22(26)8-6-5-7-11-23-32(27,28)18-9-10-19-20(16-18)30-15-14-29-19/h3-4,9-10,16,23H,1-2,5-8,11-15,17H2. The number of hydrogen-bond donors (Lipinski definition) is 1. The van der Waals surface area contributed by atoms with Crippen molar-refractivity contribution in [1.29, 1.82) is 0 Å². The van der Waals surface area contributed by atoms with E-state index in [-0.39, 0.29) is 30.4 Å². The van der Waals surface area contributed by atoms with Gasteiger partial charge in [0.1, 0.15) is 13.2 Å². The van der Waals surface area contributed by atoms with Crippen LogP contribution in [-0.2, 0) is 24.3 Å². The Bertz CT molecular complexity index is 905. The number of rotatable bonds is 14. The molecule has 2 rings (SSSR count). The molecular formula is C22H30N2O7S. The number of amides is 1. The molecule has 0 aromatic heterocycles. The lowest BCUT2D eigenvalue weighted by molar-refractivity contribution is -0.151. The van der Waals surface area contributed by atoms with E-state index < -0.39 is 16.0 Å². The number of unbranched alkanes of at least 4 members (excludes halogenated alkanes) is 2. The van der Waals surface area contributed by atoms with E-state index in [1.54, 1.807) is 18.2 Å². The highest BCUT2D eigenvalue weighted by atomic mass is 32.2. The van der Waals surface area contributed by atoms with Crippen LogP contribution in [0.1, 0.15) is 25.7 Å². The van der Waals surface area contributed by atoms with E-state index in [0.29, 0.717) is 57.1 Å². The van der Waals surface area contributed by atoms with Gasteiger partial charge in [0.15, 0.2) is 18.1 Å². The zero-order valence-electron chi connectivity index (χ0n) is 18.1. The van der Waals surface area contributed by atoms with E-state index >= 15 is 0 Å². The van der Waals surface area contributed by atoms with E-state index in [1.807, 2.05) is 0 Å². The zero-order valence-corrected chi connectivity index (χ0v) is 18.9. The predicted octanol–water partition coefficient (Wildman–Crippen LogP) is 2.04. The van der Waals surface area contributed by atoms with Crippen LogP contribution in [0.25, 0.3) is 0 Å². The van der Waals surface area contributed by atoms with Crippen molar-refractivity contribution in [3.63, 3.8) is 0 Å². The summed E-state index contributed by atoms with van der Waals surface area (Å²) in [5.41, 5.74) is 0. The van der Waals surface area contributed by atoms with Gasteiger partial charge in [0.2, 0.25) is 10.0 Å². The van der Waals surface area contributed by atoms with Crippen LogP contribution in [0.15, 0.2) is 48.4 Å². The van der Waals surface area contributed by atoms with Gasteiger partial charge in [-0.1, -0.05) is 18.6 Å². The Morgan fingerprint density at radius 1 is 1.06 bits per heavy atom. The normalized spacial score (nSPS) is 12.6. The first-order valence-corrected chi connectivity index (χ1v) is 11.9. The first-order valence-electron chi connectivity index (χ1n) is 10.4. The van der Waals surface area contributed by atoms with E-state index in [1.165, 1.54) is 17.0 Å². The lowest BCUT2D eigenvalue weighted by Gasteiger charge is -2.19. The highest BCUT2D eigenvalue weighted by molar-refractivity contribution is 7.89. The fraction of sp³-hybridized carbons (Fsp3) is 0.455. The molecule has 1 aliphatic rings. The summed E-state index contributed by atoms with van der Waals surface area (Å²) in [5.74, 6) is 0.158. The van der Waals surface area contributed by atoms with Crippen LogP contribution in [-0.4, -0.2) is 64.6 Å². The first kappa shape index (κ1) is 25.4. The average molecular weight is 467 g/mol. The maximum atomic E-state index is 12.4. The highest BCUT2D eigenvalue weighted by Gasteiger charge is 2.19. The molecule has 9 nitrogen and oxygen atoms in total. The molecule has 0 bridgehead atoms. The fourth-order valence-corrected chi connectivity index (χ4v) is 4.04. The van der Waals surface area contributed by atoms with Gasteiger partial charge in [-0.2, -0.15) is 0 Å². The van der Waals surface area contributed by atoms with Crippen LogP contribution in [0.3, 0.4) is 0 Å². The van der Waals surface area contributed by atoms with Gasteiger partial charge < -0.3 is 19.1 Å². The van der Waals surface area contributed by atoms with Crippen LogP contribution >= 0.6 is 0 Å². The molecule has 0 radical (unpaired) electrons. The second kappa shape index (κ2) is 12.9. The van der Waals surface area contributed by atoms with Crippen molar-refractivity contribution in [2.24, 2.45) is 0 Å². The Morgan fingerprint density at radius 3 is 2.44 bits per heavy atom. The molecule has 1 aliphatic heterocycles. The topological polar surface area (TPSA) is 111 Å². The van der Waals surface area contributed by atoms with Crippen molar-refractivity contribution in [3.05, 3.63) is 43.5 Å². The van der Waals surface area contributed by atoms with Crippen LogP contribution in [0.4, 0.5) is 0 Å². The molecule has 0 saturated carbocycles. The fourth-order valence-electron chi connectivity index (χ4n) is 2.95. The number of esters is 1. The van der Waals surface area contributed by atoms with Gasteiger partial charge in [-0.15, -0.1) is 13.2 Å². The molecule has 0 unspecified atom stereocenters. The van der Waals surface area contributed by atoms with Crippen LogP contribution in [0, 0.1) is 0 Å². The van der Waals surface area contributed by atoms with Crippen molar-refractivity contribution in [2.75, 3.05) is 39.5 Å². The lowest BCUT2D eigenvalue weighted by Crippen LogP contribution is -2.34. The third-order valence-electron chi connectivity index (χ3n) is 4.58. The second-order valence-corrected chi connectivity index (χ2v) is 8.82. The Kier molecular flexibility index (Phi) is 10.2. The number of fused-ring (bicyclic) bond motifs is 1. The van der Waals surface area contributed by atoms with Crippen molar-refractivity contribution in [2.45, 2.75) is 30.6 Å². The monoisotopic (exact) mass is 466 g/mol. The van der Waals surface area contributed by atoms with Crippen molar-refractivity contribution in [3.8, 4) is 11.5 Å². The number of benzene rings is 1. The van der Waals surface area contributed by atoms with E-state index in [4.69, 9.17) is 14.2 Å². The zero-order chi connectivity index (χ0) is 23.4. The summed E-state index contributed by atoms with van der Waals surface area (Å²) in [5, 5.41) is 0. The minimum absolute atomic E-state index is 0.108. The van der Waals surface area contributed by atoms with E-state index in [0.717, 1.165) is 0 Å². The van der Waals surface area contributed by atoms with Crippen LogP contribution < -0.4 is 14.2 Å². The molecule has 32 heavy (non-hydrogen) atoms. The quantitative estimate of drug-likeness (QED) is 0.254. The molecule has 0 atom stereocenters. The third kappa shape index (κ3) is 8.01. The first-order chi connectivity index (χ1) is 15.4. The number of nitrogens with one attached hydrogen (secondary N) is 1. The van der Waals surface area contributed by atoms with E-state index in [9.17, 15) is 18.0 Å². The number of ether oxygens (including phenoxy) is 3. The Labute approximate surface area is 189 Å². The number of sulfonamides is 1. The molecule has 1 aromatic rings. The second-order valence-electron chi connectivity index (χ2n) is 7.05. The molecule has 0 aliphatic carbocycles. The summed E-state index contributed by atoms with van der Waals surface area (Å²) in [6.07, 6.45) is 5.05. The summed E-state index contributed by atoms with van der Waals surface area (Å²) in [6, 6.07) is 4.49. The molecule has 1 aromatic carbocycles. The molecular weight excluding hydrogens is 436 g/mol. The number of carbonyl (C=O) groups excluding carboxylic acids is 2. The number of hydrogen-bond acceptors (Lipinski definition) is 7. The van der Waals surface area contributed by atoms with Crippen molar-refractivity contribution in [1.82, 2.24) is 9.62 Å². The van der Waals surface area contributed by atoms with Gasteiger partial charge in [0.25, 0.3) is 5.91 Å². The highest BCUT2D eigenvalue weighted by Crippen LogP contribution is 2.32. The Balaban J connectivity index is 1.64. The summed E-state index contributed by atoms with van der Waals surface area (Å²) in [4.78, 5) is 25.4. The number of carbonyl (C=O) groups is 2. The van der Waals surface area contributed by atoms with Gasteiger partial charge >= 0.3 is 5.97 Å². The molecule has 0 fully saturated rings. The molecule has 0 saturated heterocycles. The smallest absolute Gasteiger partial charge is 0.306 e. The molecule has 176 valence electrons. The van der Waals surface area contributed by atoms with Gasteiger partial charge in [-0.25, -0.2) is 13.1 Å². The van der Waals surface area contributed by atoms with Gasteiger partial charge in [0, 0.05) is 32.1 Å². The molecule has 10 heteroatoms. The summed E-state index contributed by atoms with van der Waals surface area (Å²) in [7, 11) is -3.67. The maximum Gasteiger partial charge on any atom is 0.306 e. The van der Waals surface area contributed by atoms with Gasteiger partial charge in [-0.3, -0.25) is 9.59 Å². The Hall–Kier alpha value is -2.85. The number of nitrogens with zero attached hydrogens (tertiary/aromatic N) is 1. The summed E-state index contributed by atoms with van der Waals surface area (Å²) in [6.45, 7) is 8.60. The lowest BCUT2D eigenvalue weighted by atomic mass is 10.2. The van der Waals surface area contributed by atoms with Crippen molar-refractivity contribution >= 4 is 21.9 Å². The third-order valence-corrected chi connectivity index (χ3v) is 6.04. The maximum absolute atomic E-state index is 12.4.